The maximum Gasteiger partial charge on any atom is 0.433 e. The predicted molar refractivity (Wildman–Crippen MR) is 68.9 cm³/mol. The molecule has 1 aliphatic heterocycles. The van der Waals surface area contributed by atoms with Gasteiger partial charge in [0.25, 0.3) is 5.91 Å². The molecule has 0 unspecified atom stereocenters. The van der Waals surface area contributed by atoms with Crippen molar-refractivity contribution >= 4 is 30.1 Å². The average Bonchev–Trinajstić information content (AvgIpc) is 3.01. The van der Waals surface area contributed by atoms with E-state index in [2.05, 4.69) is 5.10 Å². The summed E-state index contributed by atoms with van der Waals surface area (Å²) in [5.74, 6) is -0.690. The molecule has 1 aromatic rings. The number of nitrogens with zero attached hydrogens (tertiary/aromatic N) is 4. The number of imide groups is 1. The average molecular weight is 294 g/mol. The quantitative estimate of drug-likeness (QED) is 0.362. The van der Waals surface area contributed by atoms with Crippen molar-refractivity contribution in [2.75, 3.05) is 13.3 Å². The van der Waals surface area contributed by atoms with Crippen LogP contribution in [0.5, 0.6) is 0 Å². The summed E-state index contributed by atoms with van der Waals surface area (Å²) < 4.78 is 4.87. The Morgan fingerprint density at radius 1 is 1.48 bits per heavy atom. The minimum atomic E-state index is -0.721. The van der Waals surface area contributed by atoms with E-state index in [1.165, 1.54) is 30.5 Å². The largest absolute Gasteiger partial charge is 0.433 e. The summed E-state index contributed by atoms with van der Waals surface area (Å²) in [6, 6.07) is 1.89. The summed E-state index contributed by atoms with van der Waals surface area (Å²) in [6.07, 6.45) is 4.02. The van der Waals surface area contributed by atoms with Gasteiger partial charge in [-0.05, 0) is 18.2 Å². The summed E-state index contributed by atoms with van der Waals surface area (Å²) in [5, 5.41) is 23.8. The van der Waals surface area contributed by atoms with Crippen LogP contribution in [0.15, 0.2) is 27.7 Å². The van der Waals surface area contributed by atoms with Crippen molar-refractivity contribution in [2.24, 2.45) is 5.10 Å². The first-order valence-electron chi connectivity index (χ1n) is 5.70. The standard InChI is InChI=1S/C11H10N4O6/c16-7-13-9(17)6-14(11(13)18)12-5-1-2-8-3-4-10(21-8)15(19)20/h1-5,16H,6-7H2/b2-1+,12-5-. The molecule has 3 amide bonds. The highest BCUT2D eigenvalue weighted by molar-refractivity contribution is 6.02. The number of allylic oxidation sites excluding steroid dienone is 1. The lowest BCUT2D eigenvalue weighted by Crippen LogP contribution is -2.32. The van der Waals surface area contributed by atoms with Crippen LogP contribution in [0.3, 0.4) is 0 Å². The Kier molecular flexibility index (Phi) is 4.09. The second kappa shape index (κ2) is 5.96. The van der Waals surface area contributed by atoms with Crippen LogP contribution in [0.4, 0.5) is 10.7 Å². The molecular weight excluding hydrogens is 284 g/mol. The second-order valence-electron chi connectivity index (χ2n) is 3.86. The lowest BCUT2D eigenvalue weighted by atomic mass is 10.4. The highest BCUT2D eigenvalue weighted by Crippen LogP contribution is 2.16. The molecule has 0 saturated carbocycles. The van der Waals surface area contributed by atoms with E-state index in [0.29, 0.717) is 4.90 Å². The van der Waals surface area contributed by atoms with Gasteiger partial charge < -0.3 is 9.52 Å². The number of aliphatic hydroxyl groups is 1. The van der Waals surface area contributed by atoms with Gasteiger partial charge in [0.05, 0.1) is 6.07 Å². The number of rotatable bonds is 5. The minimum absolute atomic E-state index is 0.244. The van der Waals surface area contributed by atoms with E-state index in [1.54, 1.807) is 0 Å². The fraction of sp³-hybridized carbons (Fsp3) is 0.182. The molecule has 1 fully saturated rings. The molecule has 1 saturated heterocycles. The van der Waals surface area contributed by atoms with E-state index in [-0.39, 0.29) is 18.2 Å². The number of hydrazone groups is 1. The lowest BCUT2D eigenvalue weighted by molar-refractivity contribution is -0.402. The molecule has 0 spiro atoms. The third-order valence-electron chi connectivity index (χ3n) is 2.52. The number of nitro groups is 1. The van der Waals surface area contributed by atoms with E-state index >= 15 is 0 Å². The lowest BCUT2D eigenvalue weighted by Gasteiger charge is -2.09. The summed E-state index contributed by atoms with van der Waals surface area (Å²) in [4.78, 5) is 33.2. The van der Waals surface area contributed by atoms with Crippen molar-refractivity contribution in [3.05, 3.63) is 34.1 Å². The Morgan fingerprint density at radius 3 is 2.81 bits per heavy atom. The van der Waals surface area contributed by atoms with Crippen LogP contribution >= 0.6 is 0 Å². The third-order valence-corrected chi connectivity index (χ3v) is 2.52. The molecule has 1 N–H and O–H groups in total. The van der Waals surface area contributed by atoms with E-state index < -0.39 is 23.6 Å². The number of hydrogen-bond acceptors (Lipinski definition) is 7. The summed E-state index contributed by atoms with van der Waals surface area (Å²) >= 11 is 0. The van der Waals surface area contributed by atoms with Crippen LogP contribution in [0.1, 0.15) is 5.76 Å². The van der Waals surface area contributed by atoms with Gasteiger partial charge in [0, 0.05) is 6.21 Å². The number of aliphatic hydroxyl groups excluding tert-OH is 1. The van der Waals surface area contributed by atoms with E-state index in [9.17, 15) is 19.7 Å². The molecule has 0 aromatic carbocycles. The molecule has 10 nitrogen and oxygen atoms in total. The van der Waals surface area contributed by atoms with Crippen LogP contribution in [-0.2, 0) is 4.79 Å². The van der Waals surface area contributed by atoms with Crippen molar-refractivity contribution in [1.82, 2.24) is 9.91 Å². The number of carbonyl (C=O) groups excluding carboxylic acids is 2. The fourth-order valence-electron chi connectivity index (χ4n) is 1.54. The van der Waals surface area contributed by atoms with Gasteiger partial charge >= 0.3 is 11.9 Å². The number of urea groups is 1. The van der Waals surface area contributed by atoms with Crippen molar-refractivity contribution < 1.29 is 24.0 Å². The maximum absolute atomic E-state index is 11.5. The van der Waals surface area contributed by atoms with Crippen molar-refractivity contribution in [2.45, 2.75) is 0 Å². The smallest absolute Gasteiger partial charge is 0.401 e. The van der Waals surface area contributed by atoms with Crippen LogP contribution in [-0.4, -0.2) is 51.4 Å². The molecule has 0 bridgehead atoms. The highest BCUT2D eigenvalue weighted by Gasteiger charge is 2.35. The van der Waals surface area contributed by atoms with Crippen LogP contribution in [0.2, 0.25) is 0 Å². The molecule has 0 radical (unpaired) electrons. The van der Waals surface area contributed by atoms with Crippen LogP contribution < -0.4 is 0 Å². The molecule has 0 aliphatic carbocycles. The molecule has 1 aromatic heterocycles. The number of hydrogen-bond donors (Lipinski definition) is 1. The summed E-state index contributed by atoms with van der Waals surface area (Å²) in [5.41, 5.74) is 0. The van der Waals surface area contributed by atoms with E-state index in [1.807, 2.05) is 0 Å². The molecule has 110 valence electrons. The molecule has 21 heavy (non-hydrogen) atoms. The van der Waals surface area contributed by atoms with Gasteiger partial charge in [-0.15, -0.1) is 0 Å². The first-order chi connectivity index (χ1) is 10.0. The number of furan rings is 1. The van der Waals surface area contributed by atoms with Gasteiger partial charge in [-0.1, -0.05) is 0 Å². The van der Waals surface area contributed by atoms with Crippen LogP contribution in [0.25, 0.3) is 6.08 Å². The molecule has 2 rings (SSSR count). The van der Waals surface area contributed by atoms with Gasteiger partial charge in [-0.3, -0.25) is 14.9 Å². The van der Waals surface area contributed by atoms with Gasteiger partial charge in [-0.25, -0.2) is 14.7 Å². The van der Waals surface area contributed by atoms with Crippen molar-refractivity contribution in [3.63, 3.8) is 0 Å². The van der Waals surface area contributed by atoms with Crippen LogP contribution in [0, 0.1) is 10.1 Å². The first kappa shape index (κ1) is 14.4. The fourth-order valence-corrected chi connectivity index (χ4v) is 1.54. The Morgan fingerprint density at radius 2 is 2.24 bits per heavy atom. The Hall–Kier alpha value is -3.01. The Labute approximate surface area is 117 Å². The van der Waals surface area contributed by atoms with Gasteiger partial charge in [0.15, 0.2) is 0 Å². The normalized spacial score (nSPS) is 15.9. The van der Waals surface area contributed by atoms with Gasteiger partial charge in [0.1, 0.15) is 24.0 Å². The molecular formula is C11H10N4O6. The zero-order valence-electron chi connectivity index (χ0n) is 10.6. The third kappa shape index (κ3) is 3.12. The zero-order chi connectivity index (χ0) is 15.4. The number of carbonyl (C=O) groups is 2. The molecule has 10 heteroatoms. The SMILES string of the molecule is O=C1CN(/N=C\C=C\c2ccc([N+](=O)[O-])o2)C(=O)N1CO. The molecule has 2 heterocycles. The summed E-state index contributed by atoms with van der Waals surface area (Å²) in [6.45, 7) is -0.953. The predicted octanol–water partition coefficient (Wildman–Crippen LogP) is 0.401. The first-order valence-corrected chi connectivity index (χ1v) is 5.70. The van der Waals surface area contributed by atoms with E-state index in [0.717, 1.165) is 5.01 Å². The number of amides is 3. The van der Waals surface area contributed by atoms with Crippen molar-refractivity contribution in [3.8, 4) is 0 Å². The molecule has 1 aliphatic rings. The Balaban J connectivity index is 1.96. The second-order valence-corrected chi connectivity index (χ2v) is 3.86. The summed E-state index contributed by atoms with van der Waals surface area (Å²) in [7, 11) is 0. The maximum atomic E-state index is 11.5. The van der Waals surface area contributed by atoms with E-state index in [4.69, 9.17) is 9.52 Å². The monoisotopic (exact) mass is 294 g/mol. The Bertz CT molecular complexity index is 634. The van der Waals surface area contributed by atoms with Gasteiger partial charge in [-0.2, -0.15) is 5.10 Å². The van der Waals surface area contributed by atoms with Gasteiger partial charge in [0.2, 0.25) is 0 Å². The zero-order valence-corrected chi connectivity index (χ0v) is 10.6. The minimum Gasteiger partial charge on any atom is -0.401 e. The molecule has 0 atom stereocenters. The highest BCUT2D eigenvalue weighted by atomic mass is 16.6. The van der Waals surface area contributed by atoms with Crippen molar-refractivity contribution in [1.29, 1.82) is 0 Å². The topological polar surface area (TPSA) is 129 Å².